The molecule has 1 saturated heterocycles. The van der Waals surface area contributed by atoms with E-state index in [1.165, 1.54) is 29.2 Å². The molecule has 0 aliphatic carbocycles. The summed E-state index contributed by atoms with van der Waals surface area (Å²) in [5.41, 5.74) is 0.598. The van der Waals surface area contributed by atoms with Crippen molar-refractivity contribution in [3.63, 3.8) is 0 Å². The second-order valence-corrected chi connectivity index (χ2v) is 8.10. The Hall–Kier alpha value is -1.91. The average molecular weight is 412 g/mol. The van der Waals surface area contributed by atoms with Gasteiger partial charge < -0.3 is 19.9 Å². The molecule has 1 aromatic heterocycles. The van der Waals surface area contributed by atoms with Crippen LogP contribution in [0.1, 0.15) is 0 Å². The topological polar surface area (TPSA) is 70.6 Å². The molecule has 0 atom stereocenters. The van der Waals surface area contributed by atoms with Crippen LogP contribution in [-0.2, 0) is 9.53 Å². The van der Waals surface area contributed by atoms with Crippen LogP contribution in [0, 0.1) is 5.82 Å². The van der Waals surface area contributed by atoms with Gasteiger partial charge in [0, 0.05) is 39.8 Å². The molecule has 0 radical (unpaired) electrons. The number of nitrogens with zero attached hydrogens (tertiary/aromatic N) is 4. The molecule has 2 heterocycles. The molecule has 1 fully saturated rings. The summed E-state index contributed by atoms with van der Waals surface area (Å²) < 4.78 is 19.6. The Morgan fingerprint density at radius 2 is 2.07 bits per heavy atom. The Labute approximate surface area is 165 Å². The minimum atomic E-state index is -0.223. The fourth-order valence-corrected chi connectivity index (χ4v) is 4.40. The van der Waals surface area contributed by atoms with Crippen molar-refractivity contribution in [3.8, 4) is 0 Å². The molecule has 0 spiro atoms. The maximum absolute atomic E-state index is 13.9. The van der Waals surface area contributed by atoms with Crippen LogP contribution in [0.5, 0.6) is 0 Å². The normalized spacial score (nSPS) is 14.4. The van der Waals surface area contributed by atoms with Crippen molar-refractivity contribution >= 4 is 39.8 Å². The van der Waals surface area contributed by atoms with Gasteiger partial charge in [-0.05, 0) is 12.1 Å². The van der Waals surface area contributed by atoms with Crippen molar-refractivity contribution < 1.29 is 13.9 Å². The first-order chi connectivity index (χ1) is 13.2. The van der Waals surface area contributed by atoms with Crippen LogP contribution >= 0.6 is 23.1 Å². The predicted molar refractivity (Wildman–Crippen MR) is 106 cm³/mol. The number of hydrogen-bond acceptors (Lipinski definition) is 8. The van der Waals surface area contributed by atoms with Gasteiger partial charge in [-0.2, -0.15) is 0 Å². The highest BCUT2D eigenvalue weighted by molar-refractivity contribution is 8.01. The lowest BCUT2D eigenvalue weighted by atomic mass is 10.2. The van der Waals surface area contributed by atoms with Crippen LogP contribution < -0.4 is 10.2 Å². The molecule has 27 heavy (non-hydrogen) atoms. The molecule has 0 bridgehead atoms. The lowest BCUT2D eigenvalue weighted by Crippen LogP contribution is -2.49. The predicted octanol–water partition coefficient (Wildman–Crippen LogP) is 2.18. The van der Waals surface area contributed by atoms with E-state index in [4.69, 9.17) is 4.74 Å². The zero-order valence-corrected chi connectivity index (χ0v) is 16.7. The van der Waals surface area contributed by atoms with E-state index in [0.717, 1.165) is 9.47 Å². The zero-order valence-electron chi connectivity index (χ0n) is 15.1. The van der Waals surface area contributed by atoms with Crippen LogP contribution in [0.15, 0.2) is 28.6 Å². The molecule has 0 saturated carbocycles. The Balaban J connectivity index is 1.43. The molecule has 10 heteroatoms. The number of hydrogen-bond donors (Lipinski definition) is 1. The average Bonchev–Trinajstić information content (AvgIpc) is 3.15. The third-order valence-electron chi connectivity index (χ3n) is 4.13. The van der Waals surface area contributed by atoms with Crippen molar-refractivity contribution in [2.45, 2.75) is 4.34 Å². The van der Waals surface area contributed by atoms with Gasteiger partial charge in [-0.25, -0.2) is 4.39 Å². The van der Waals surface area contributed by atoms with Crippen LogP contribution in [-0.4, -0.2) is 73.2 Å². The highest BCUT2D eigenvalue weighted by atomic mass is 32.2. The first-order valence-corrected chi connectivity index (χ1v) is 10.4. The van der Waals surface area contributed by atoms with Gasteiger partial charge in [0.2, 0.25) is 11.0 Å². The third-order valence-corrected chi connectivity index (χ3v) is 6.13. The highest BCUT2D eigenvalue weighted by Crippen LogP contribution is 2.26. The number of anilines is 2. The Morgan fingerprint density at radius 3 is 2.81 bits per heavy atom. The van der Waals surface area contributed by atoms with E-state index in [0.29, 0.717) is 50.8 Å². The summed E-state index contributed by atoms with van der Waals surface area (Å²) in [6.45, 7) is 3.70. The number of carbonyl (C=O) groups is 1. The number of carbonyl (C=O) groups excluding carboxylic acids is 1. The van der Waals surface area contributed by atoms with E-state index >= 15 is 0 Å². The van der Waals surface area contributed by atoms with E-state index in [-0.39, 0.29) is 11.7 Å². The van der Waals surface area contributed by atoms with Crippen molar-refractivity contribution in [1.82, 2.24) is 15.1 Å². The molecule has 146 valence electrons. The summed E-state index contributed by atoms with van der Waals surface area (Å²) in [5.74, 6) is 0.170. The monoisotopic (exact) mass is 411 g/mol. The number of para-hydroxylation sites is 1. The summed E-state index contributed by atoms with van der Waals surface area (Å²) in [6, 6.07) is 6.75. The number of piperazine rings is 1. The van der Waals surface area contributed by atoms with Gasteiger partial charge >= 0.3 is 0 Å². The molecule has 3 rings (SSSR count). The number of amides is 1. The molecule has 1 amide bonds. The van der Waals surface area contributed by atoms with Crippen LogP contribution in [0.3, 0.4) is 0 Å². The van der Waals surface area contributed by atoms with E-state index in [9.17, 15) is 9.18 Å². The van der Waals surface area contributed by atoms with Crippen LogP contribution in [0.4, 0.5) is 15.2 Å². The summed E-state index contributed by atoms with van der Waals surface area (Å²) in [4.78, 5) is 16.2. The fraction of sp³-hybridized carbons (Fsp3) is 0.471. The molecule has 2 aromatic rings. The molecule has 1 aliphatic heterocycles. The van der Waals surface area contributed by atoms with Crippen LogP contribution in [0.2, 0.25) is 0 Å². The second kappa shape index (κ2) is 9.86. The summed E-state index contributed by atoms with van der Waals surface area (Å²) in [5, 5.41) is 12.0. The standard InChI is InChI=1S/C17H22FN5O2S2/c1-25-11-6-19-16-20-21-17(27-16)26-12-15(24)23-9-7-22(8-10-23)14-5-3-2-4-13(14)18/h2-5H,6-12H2,1H3,(H,19,20). The maximum atomic E-state index is 13.9. The number of benzene rings is 1. The second-order valence-electron chi connectivity index (χ2n) is 5.90. The maximum Gasteiger partial charge on any atom is 0.233 e. The van der Waals surface area contributed by atoms with Gasteiger partial charge in [-0.15, -0.1) is 10.2 Å². The van der Waals surface area contributed by atoms with Crippen molar-refractivity contribution in [3.05, 3.63) is 30.1 Å². The van der Waals surface area contributed by atoms with Gasteiger partial charge in [0.1, 0.15) is 5.82 Å². The number of rotatable bonds is 8. The van der Waals surface area contributed by atoms with E-state index in [1.807, 2.05) is 15.9 Å². The summed E-state index contributed by atoms with van der Waals surface area (Å²) in [7, 11) is 1.64. The van der Waals surface area contributed by atoms with Gasteiger partial charge in [0.15, 0.2) is 4.34 Å². The van der Waals surface area contributed by atoms with Gasteiger partial charge in [-0.1, -0.05) is 35.2 Å². The van der Waals surface area contributed by atoms with Crippen molar-refractivity contribution in [1.29, 1.82) is 0 Å². The quantitative estimate of drug-likeness (QED) is 0.527. The summed E-state index contributed by atoms with van der Waals surface area (Å²) in [6.07, 6.45) is 0. The lowest BCUT2D eigenvalue weighted by Gasteiger charge is -2.36. The molecule has 7 nitrogen and oxygen atoms in total. The number of methoxy groups -OCH3 is 1. The highest BCUT2D eigenvalue weighted by Gasteiger charge is 2.23. The number of aromatic nitrogens is 2. The van der Waals surface area contributed by atoms with Crippen molar-refractivity contribution in [2.75, 3.05) is 62.4 Å². The van der Waals surface area contributed by atoms with E-state index < -0.39 is 0 Å². The molecule has 1 aromatic carbocycles. The van der Waals surface area contributed by atoms with E-state index in [1.54, 1.807) is 19.2 Å². The first kappa shape index (κ1) is 19.8. The first-order valence-electron chi connectivity index (χ1n) is 8.63. The largest absolute Gasteiger partial charge is 0.383 e. The Bertz CT molecular complexity index is 752. The molecule has 0 unspecified atom stereocenters. The number of ether oxygens (including phenoxy) is 1. The van der Waals surface area contributed by atoms with Crippen molar-refractivity contribution in [2.24, 2.45) is 0 Å². The smallest absolute Gasteiger partial charge is 0.233 e. The zero-order chi connectivity index (χ0) is 19.1. The Morgan fingerprint density at radius 1 is 1.30 bits per heavy atom. The fourth-order valence-electron chi connectivity index (χ4n) is 2.72. The Kier molecular flexibility index (Phi) is 7.25. The van der Waals surface area contributed by atoms with Gasteiger partial charge in [0.25, 0.3) is 0 Å². The van der Waals surface area contributed by atoms with Gasteiger partial charge in [0.05, 0.1) is 18.0 Å². The third kappa shape index (κ3) is 5.53. The molecule has 1 aliphatic rings. The minimum Gasteiger partial charge on any atom is -0.383 e. The number of halogens is 1. The molecular weight excluding hydrogens is 389 g/mol. The molecular formula is C17H22FN5O2S2. The number of thioether (sulfide) groups is 1. The molecule has 1 N–H and O–H groups in total. The number of nitrogens with one attached hydrogen (secondary N) is 1. The van der Waals surface area contributed by atoms with Crippen LogP contribution in [0.25, 0.3) is 0 Å². The lowest BCUT2D eigenvalue weighted by molar-refractivity contribution is -0.128. The minimum absolute atomic E-state index is 0.0669. The van der Waals surface area contributed by atoms with E-state index in [2.05, 4.69) is 15.5 Å². The van der Waals surface area contributed by atoms with Gasteiger partial charge in [-0.3, -0.25) is 4.79 Å². The SMILES string of the molecule is COCCNc1nnc(SCC(=O)N2CCN(c3ccccc3F)CC2)s1. The summed E-state index contributed by atoms with van der Waals surface area (Å²) >= 11 is 2.82.